The van der Waals surface area contributed by atoms with Crippen LogP contribution < -0.4 is 19.7 Å². The number of benzene rings is 2. The van der Waals surface area contributed by atoms with E-state index in [1.165, 1.54) is 0 Å². The van der Waals surface area contributed by atoms with Crippen molar-refractivity contribution in [3.63, 3.8) is 0 Å². The summed E-state index contributed by atoms with van der Waals surface area (Å²) < 4.78 is 11.0. The molecule has 1 saturated heterocycles. The van der Waals surface area contributed by atoms with Gasteiger partial charge in [0, 0.05) is 30.8 Å². The number of nitrogens with one attached hydrogen (secondary N) is 1. The SMILES string of the molecule is O=C(NCc1cccc(N2CCCC2=O)c1)c1ccc2c(c1)OCCO2. The van der Waals surface area contributed by atoms with Crippen LogP contribution in [0.2, 0.25) is 0 Å². The molecule has 134 valence electrons. The zero-order valence-electron chi connectivity index (χ0n) is 14.4. The van der Waals surface area contributed by atoms with Gasteiger partial charge in [-0.25, -0.2) is 0 Å². The molecule has 4 rings (SSSR count). The smallest absolute Gasteiger partial charge is 0.251 e. The molecule has 2 aromatic rings. The van der Waals surface area contributed by atoms with E-state index < -0.39 is 0 Å². The Morgan fingerprint density at radius 2 is 1.92 bits per heavy atom. The van der Waals surface area contributed by atoms with Crippen LogP contribution in [0.1, 0.15) is 28.8 Å². The van der Waals surface area contributed by atoms with Crippen LogP contribution in [0, 0.1) is 0 Å². The summed E-state index contributed by atoms with van der Waals surface area (Å²) in [4.78, 5) is 26.1. The van der Waals surface area contributed by atoms with Crippen LogP contribution in [0.3, 0.4) is 0 Å². The van der Waals surface area contributed by atoms with Crippen LogP contribution in [-0.4, -0.2) is 31.6 Å². The Balaban J connectivity index is 1.42. The fraction of sp³-hybridized carbons (Fsp3) is 0.300. The lowest BCUT2D eigenvalue weighted by Crippen LogP contribution is -2.25. The minimum Gasteiger partial charge on any atom is -0.486 e. The first-order chi connectivity index (χ1) is 12.7. The number of hydrogen-bond acceptors (Lipinski definition) is 4. The maximum atomic E-state index is 12.4. The van der Waals surface area contributed by atoms with Gasteiger partial charge in [0.25, 0.3) is 5.91 Å². The van der Waals surface area contributed by atoms with Gasteiger partial charge >= 0.3 is 0 Å². The van der Waals surface area contributed by atoms with Crippen molar-refractivity contribution in [2.45, 2.75) is 19.4 Å². The first-order valence-corrected chi connectivity index (χ1v) is 8.78. The minimum absolute atomic E-state index is 0.155. The summed E-state index contributed by atoms with van der Waals surface area (Å²) in [6.07, 6.45) is 1.50. The van der Waals surface area contributed by atoms with Gasteiger partial charge in [-0.1, -0.05) is 12.1 Å². The highest BCUT2D eigenvalue weighted by Gasteiger charge is 2.21. The summed E-state index contributed by atoms with van der Waals surface area (Å²) in [5.74, 6) is 1.24. The zero-order chi connectivity index (χ0) is 17.9. The van der Waals surface area contributed by atoms with E-state index in [-0.39, 0.29) is 11.8 Å². The van der Waals surface area contributed by atoms with Crippen LogP contribution in [-0.2, 0) is 11.3 Å². The van der Waals surface area contributed by atoms with Crippen molar-refractivity contribution in [3.8, 4) is 11.5 Å². The summed E-state index contributed by atoms with van der Waals surface area (Å²) in [6.45, 7) is 2.16. The van der Waals surface area contributed by atoms with Gasteiger partial charge in [-0.3, -0.25) is 9.59 Å². The number of fused-ring (bicyclic) bond motifs is 1. The topological polar surface area (TPSA) is 67.9 Å². The molecule has 2 aliphatic heterocycles. The van der Waals surface area contributed by atoms with Crippen molar-refractivity contribution in [2.24, 2.45) is 0 Å². The van der Waals surface area contributed by atoms with Gasteiger partial charge in [-0.05, 0) is 42.3 Å². The highest BCUT2D eigenvalue weighted by Crippen LogP contribution is 2.30. The highest BCUT2D eigenvalue weighted by molar-refractivity contribution is 5.96. The molecule has 26 heavy (non-hydrogen) atoms. The standard InChI is InChI=1S/C20H20N2O4/c23-19-5-2-8-22(19)16-4-1-3-14(11-16)13-21-20(24)15-6-7-17-18(12-15)26-10-9-25-17/h1,3-4,6-7,11-12H,2,5,8-10,13H2,(H,21,24). The second kappa shape index (κ2) is 7.07. The van der Waals surface area contributed by atoms with E-state index in [9.17, 15) is 9.59 Å². The number of nitrogens with zero attached hydrogens (tertiary/aromatic N) is 1. The second-order valence-corrected chi connectivity index (χ2v) is 6.36. The predicted molar refractivity (Wildman–Crippen MR) is 96.6 cm³/mol. The Morgan fingerprint density at radius 3 is 2.73 bits per heavy atom. The molecule has 0 spiro atoms. The second-order valence-electron chi connectivity index (χ2n) is 6.36. The van der Waals surface area contributed by atoms with Crippen molar-refractivity contribution in [2.75, 3.05) is 24.7 Å². The molecule has 0 radical (unpaired) electrons. The Kier molecular flexibility index (Phi) is 4.48. The number of rotatable bonds is 4. The Hall–Kier alpha value is -3.02. The Labute approximate surface area is 151 Å². The van der Waals surface area contributed by atoms with Gasteiger partial charge in [0.1, 0.15) is 13.2 Å². The van der Waals surface area contributed by atoms with Crippen molar-refractivity contribution in [1.82, 2.24) is 5.32 Å². The maximum Gasteiger partial charge on any atom is 0.251 e. The quantitative estimate of drug-likeness (QED) is 0.918. The summed E-state index contributed by atoms with van der Waals surface area (Å²) in [5.41, 5.74) is 2.37. The molecule has 2 heterocycles. The van der Waals surface area contributed by atoms with E-state index in [0.717, 1.165) is 24.2 Å². The molecule has 6 nitrogen and oxygen atoms in total. The molecule has 0 saturated carbocycles. The molecule has 0 unspecified atom stereocenters. The van der Waals surface area contributed by atoms with Crippen LogP contribution in [0.25, 0.3) is 0 Å². The van der Waals surface area contributed by atoms with Gasteiger partial charge in [0.15, 0.2) is 11.5 Å². The van der Waals surface area contributed by atoms with E-state index in [2.05, 4.69) is 5.32 Å². The molecular weight excluding hydrogens is 332 g/mol. The van der Waals surface area contributed by atoms with E-state index in [1.54, 1.807) is 23.1 Å². The first kappa shape index (κ1) is 16.4. The lowest BCUT2D eigenvalue weighted by molar-refractivity contribution is -0.117. The normalized spacial score (nSPS) is 15.8. The van der Waals surface area contributed by atoms with Crippen LogP contribution in [0.4, 0.5) is 5.69 Å². The van der Waals surface area contributed by atoms with E-state index >= 15 is 0 Å². The first-order valence-electron chi connectivity index (χ1n) is 8.78. The molecule has 2 aliphatic rings. The third-order valence-electron chi connectivity index (χ3n) is 4.55. The fourth-order valence-electron chi connectivity index (χ4n) is 3.22. The maximum absolute atomic E-state index is 12.4. The number of carbonyl (C=O) groups is 2. The lowest BCUT2D eigenvalue weighted by atomic mass is 10.1. The van der Waals surface area contributed by atoms with E-state index in [1.807, 2.05) is 24.3 Å². The summed E-state index contributed by atoms with van der Waals surface area (Å²) >= 11 is 0. The van der Waals surface area contributed by atoms with Gasteiger partial charge in [0.2, 0.25) is 5.91 Å². The summed E-state index contributed by atoms with van der Waals surface area (Å²) in [5, 5.41) is 2.91. The largest absolute Gasteiger partial charge is 0.486 e. The van der Waals surface area contributed by atoms with Gasteiger partial charge in [-0.2, -0.15) is 0 Å². The number of amides is 2. The van der Waals surface area contributed by atoms with Crippen molar-refractivity contribution in [3.05, 3.63) is 53.6 Å². The van der Waals surface area contributed by atoms with Crippen LogP contribution in [0.5, 0.6) is 11.5 Å². The third-order valence-corrected chi connectivity index (χ3v) is 4.55. The zero-order valence-corrected chi connectivity index (χ0v) is 14.4. The summed E-state index contributed by atoms with van der Waals surface area (Å²) in [7, 11) is 0. The Morgan fingerprint density at radius 1 is 1.08 bits per heavy atom. The molecule has 6 heteroatoms. The van der Waals surface area contributed by atoms with Gasteiger partial charge in [-0.15, -0.1) is 0 Å². The summed E-state index contributed by atoms with van der Waals surface area (Å²) in [6, 6.07) is 12.9. The average molecular weight is 352 g/mol. The molecule has 1 N–H and O–H groups in total. The lowest BCUT2D eigenvalue weighted by Gasteiger charge is -2.19. The van der Waals surface area contributed by atoms with Crippen LogP contribution in [0.15, 0.2) is 42.5 Å². The molecule has 0 bridgehead atoms. The molecule has 0 aromatic heterocycles. The third kappa shape index (κ3) is 3.35. The number of carbonyl (C=O) groups excluding carboxylic acids is 2. The molecule has 0 aliphatic carbocycles. The minimum atomic E-state index is -0.176. The van der Waals surface area contributed by atoms with E-state index in [4.69, 9.17) is 9.47 Å². The molecular formula is C20H20N2O4. The number of ether oxygens (including phenoxy) is 2. The monoisotopic (exact) mass is 352 g/mol. The van der Waals surface area contributed by atoms with Crippen LogP contribution >= 0.6 is 0 Å². The van der Waals surface area contributed by atoms with E-state index in [0.29, 0.717) is 43.2 Å². The average Bonchev–Trinajstić information content (AvgIpc) is 3.12. The van der Waals surface area contributed by atoms with Crippen molar-refractivity contribution >= 4 is 17.5 Å². The molecule has 1 fully saturated rings. The van der Waals surface area contributed by atoms with Crippen molar-refractivity contribution < 1.29 is 19.1 Å². The highest BCUT2D eigenvalue weighted by atomic mass is 16.6. The number of anilines is 1. The fourth-order valence-corrected chi connectivity index (χ4v) is 3.22. The van der Waals surface area contributed by atoms with Gasteiger partial charge < -0.3 is 19.7 Å². The Bertz CT molecular complexity index is 849. The predicted octanol–water partition coefficient (Wildman–Crippen LogP) is 2.51. The molecule has 2 amide bonds. The number of hydrogen-bond donors (Lipinski definition) is 1. The molecule has 0 atom stereocenters. The van der Waals surface area contributed by atoms with Crippen molar-refractivity contribution in [1.29, 1.82) is 0 Å². The molecule has 2 aromatic carbocycles. The van der Waals surface area contributed by atoms with Gasteiger partial charge in [0.05, 0.1) is 0 Å².